The summed E-state index contributed by atoms with van der Waals surface area (Å²) in [6.45, 7) is 10.8. The molecular formula is C10H16N4O. The van der Waals surface area contributed by atoms with Crippen molar-refractivity contribution in [2.45, 2.75) is 13.0 Å². The summed E-state index contributed by atoms with van der Waals surface area (Å²) in [5.41, 5.74) is 5.37. The van der Waals surface area contributed by atoms with E-state index in [1.165, 1.54) is 0 Å². The Labute approximate surface area is 89.3 Å². The summed E-state index contributed by atoms with van der Waals surface area (Å²) in [4.78, 5) is 2.09. The molecule has 0 fully saturated rings. The van der Waals surface area contributed by atoms with Crippen LogP contribution in [0.5, 0.6) is 0 Å². The zero-order valence-electron chi connectivity index (χ0n) is 8.89. The van der Waals surface area contributed by atoms with Crippen molar-refractivity contribution >= 4 is 6.01 Å². The van der Waals surface area contributed by atoms with Crippen LogP contribution in [0.3, 0.4) is 0 Å². The van der Waals surface area contributed by atoms with Gasteiger partial charge in [0.25, 0.3) is 0 Å². The lowest BCUT2D eigenvalue weighted by atomic mass is 10.2. The highest BCUT2D eigenvalue weighted by molar-refractivity contribution is 5.06. The van der Waals surface area contributed by atoms with Gasteiger partial charge in [0.1, 0.15) is 0 Å². The molecule has 0 spiro atoms. The van der Waals surface area contributed by atoms with E-state index in [0.717, 1.165) is 13.1 Å². The minimum absolute atomic E-state index is 0.00537. The summed E-state index contributed by atoms with van der Waals surface area (Å²) < 4.78 is 5.16. The third kappa shape index (κ3) is 2.92. The maximum absolute atomic E-state index is 5.37. The normalized spacial score (nSPS) is 12.7. The Kier molecular flexibility index (Phi) is 4.05. The fourth-order valence-electron chi connectivity index (χ4n) is 1.29. The molecule has 1 atom stereocenters. The van der Waals surface area contributed by atoms with Crippen LogP contribution >= 0.6 is 0 Å². The van der Waals surface area contributed by atoms with Crippen LogP contribution in [0.4, 0.5) is 6.01 Å². The molecule has 15 heavy (non-hydrogen) atoms. The van der Waals surface area contributed by atoms with Gasteiger partial charge in [0.05, 0.1) is 6.04 Å². The monoisotopic (exact) mass is 208 g/mol. The van der Waals surface area contributed by atoms with Crippen LogP contribution < -0.4 is 5.73 Å². The minimum Gasteiger partial charge on any atom is -0.407 e. The molecule has 0 saturated carbocycles. The van der Waals surface area contributed by atoms with Crippen molar-refractivity contribution in [2.24, 2.45) is 0 Å². The molecule has 5 nitrogen and oxygen atoms in total. The SMILES string of the molecule is C=CCN(CC=C)C(C)c1nnc(N)o1. The Morgan fingerprint density at radius 1 is 1.40 bits per heavy atom. The summed E-state index contributed by atoms with van der Waals surface area (Å²) in [5.74, 6) is 0.510. The molecule has 1 rings (SSSR count). The Hall–Kier alpha value is -1.62. The average molecular weight is 208 g/mol. The van der Waals surface area contributed by atoms with Crippen LogP contribution in [0.25, 0.3) is 0 Å². The van der Waals surface area contributed by atoms with Gasteiger partial charge in [-0.3, -0.25) is 4.90 Å². The average Bonchev–Trinajstić information content (AvgIpc) is 2.63. The van der Waals surface area contributed by atoms with E-state index in [1.807, 2.05) is 19.1 Å². The molecule has 0 aromatic carbocycles. The largest absolute Gasteiger partial charge is 0.407 e. The maximum Gasteiger partial charge on any atom is 0.312 e. The first kappa shape index (κ1) is 11.5. The van der Waals surface area contributed by atoms with Gasteiger partial charge < -0.3 is 10.2 Å². The quantitative estimate of drug-likeness (QED) is 0.715. The van der Waals surface area contributed by atoms with Gasteiger partial charge in [0.2, 0.25) is 5.89 Å². The molecule has 1 heterocycles. The standard InChI is InChI=1S/C10H16N4O/c1-4-6-14(7-5-2)8(3)9-12-13-10(11)15-9/h4-5,8H,1-2,6-7H2,3H3,(H2,11,13). The second kappa shape index (κ2) is 5.31. The molecule has 5 heteroatoms. The van der Waals surface area contributed by atoms with Gasteiger partial charge in [0, 0.05) is 13.1 Å². The van der Waals surface area contributed by atoms with Gasteiger partial charge in [-0.25, -0.2) is 0 Å². The smallest absolute Gasteiger partial charge is 0.312 e. The van der Waals surface area contributed by atoms with Gasteiger partial charge in [-0.1, -0.05) is 17.3 Å². The zero-order valence-corrected chi connectivity index (χ0v) is 8.89. The number of nitrogen functional groups attached to an aromatic ring is 1. The molecule has 2 N–H and O–H groups in total. The number of rotatable bonds is 6. The van der Waals surface area contributed by atoms with Gasteiger partial charge in [-0.15, -0.1) is 18.3 Å². The van der Waals surface area contributed by atoms with Gasteiger partial charge in [-0.05, 0) is 6.92 Å². The summed E-state index contributed by atoms with van der Waals surface area (Å²) >= 11 is 0. The van der Waals surface area contributed by atoms with E-state index < -0.39 is 0 Å². The Morgan fingerprint density at radius 2 is 2.00 bits per heavy atom. The lowest BCUT2D eigenvalue weighted by Gasteiger charge is -2.23. The van der Waals surface area contributed by atoms with Crippen molar-refractivity contribution in [3.8, 4) is 0 Å². The molecule has 0 aliphatic heterocycles. The van der Waals surface area contributed by atoms with Crippen LogP contribution in [-0.4, -0.2) is 28.2 Å². The van der Waals surface area contributed by atoms with Crippen LogP contribution in [0.15, 0.2) is 29.7 Å². The Morgan fingerprint density at radius 3 is 2.40 bits per heavy atom. The third-order valence-electron chi connectivity index (χ3n) is 2.09. The van der Waals surface area contributed by atoms with Crippen molar-refractivity contribution in [3.05, 3.63) is 31.2 Å². The van der Waals surface area contributed by atoms with Crippen LogP contribution in [0, 0.1) is 0 Å². The van der Waals surface area contributed by atoms with E-state index in [9.17, 15) is 0 Å². The predicted molar refractivity (Wildman–Crippen MR) is 59.1 cm³/mol. The first-order valence-corrected chi connectivity index (χ1v) is 4.73. The highest BCUT2D eigenvalue weighted by Crippen LogP contribution is 2.18. The summed E-state index contributed by atoms with van der Waals surface area (Å²) in [6, 6.07) is 0.0970. The van der Waals surface area contributed by atoms with Crippen molar-refractivity contribution in [2.75, 3.05) is 18.8 Å². The maximum atomic E-state index is 5.37. The first-order valence-electron chi connectivity index (χ1n) is 4.73. The van der Waals surface area contributed by atoms with E-state index >= 15 is 0 Å². The molecule has 0 radical (unpaired) electrons. The topological polar surface area (TPSA) is 68.2 Å². The van der Waals surface area contributed by atoms with Crippen molar-refractivity contribution in [1.82, 2.24) is 15.1 Å². The summed E-state index contributed by atoms with van der Waals surface area (Å²) in [7, 11) is 0. The second-order valence-electron chi connectivity index (χ2n) is 3.19. The fraction of sp³-hybridized carbons (Fsp3) is 0.400. The molecule has 0 saturated heterocycles. The predicted octanol–water partition coefficient (Wildman–Crippen LogP) is 1.39. The number of nitrogens with two attached hydrogens (primary N) is 1. The van der Waals surface area contributed by atoms with Gasteiger partial charge in [0.15, 0.2) is 0 Å². The van der Waals surface area contributed by atoms with Crippen molar-refractivity contribution < 1.29 is 4.42 Å². The lowest BCUT2D eigenvalue weighted by molar-refractivity contribution is 0.224. The molecule has 82 valence electrons. The Balaban J connectivity index is 2.74. The van der Waals surface area contributed by atoms with Gasteiger partial charge >= 0.3 is 6.01 Å². The number of hydrogen-bond acceptors (Lipinski definition) is 5. The summed E-state index contributed by atoms with van der Waals surface area (Å²) in [6.07, 6.45) is 3.64. The molecule has 1 aromatic rings. The highest BCUT2D eigenvalue weighted by atomic mass is 16.4. The third-order valence-corrected chi connectivity index (χ3v) is 2.09. The van der Waals surface area contributed by atoms with Crippen molar-refractivity contribution in [1.29, 1.82) is 0 Å². The van der Waals surface area contributed by atoms with Crippen molar-refractivity contribution in [3.63, 3.8) is 0 Å². The van der Waals surface area contributed by atoms with Crippen LogP contribution in [-0.2, 0) is 0 Å². The van der Waals surface area contributed by atoms with Crippen LogP contribution in [0.1, 0.15) is 18.9 Å². The number of nitrogens with zero attached hydrogens (tertiary/aromatic N) is 3. The minimum atomic E-state index is 0.00537. The van der Waals surface area contributed by atoms with E-state index in [4.69, 9.17) is 10.2 Å². The second-order valence-corrected chi connectivity index (χ2v) is 3.19. The van der Waals surface area contributed by atoms with E-state index in [1.54, 1.807) is 0 Å². The molecule has 0 amide bonds. The first-order chi connectivity index (χ1) is 7.19. The number of anilines is 1. The molecule has 1 aromatic heterocycles. The molecule has 0 aliphatic rings. The molecule has 0 aliphatic carbocycles. The fourth-order valence-corrected chi connectivity index (χ4v) is 1.29. The lowest BCUT2D eigenvalue weighted by Crippen LogP contribution is -2.27. The summed E-state index contributed by atoms with van der Waals surface area (Å²) in [5, 5.41) is 7.47. The van der Waals surface area contributed by atoms with Gasteiger partial charge in [-0.2, -0.15) is 0 Å². The highest BCUT2D eigenvalue weighted by Gasteiger charge is 2.18. The number of hydrogen-bond donors (Lipinski definition) is 1. The zero-order chi connectivity index (χ0) is 11.3. The van der Waals surface area contributed by atoms with Crippen LogP contribution in [0.2, 0.25) is 0 Å². The molecular weight excluding hydrogens is 192 g/mol. The van der Waals surface area contributed by atoms with E-state index in [-0.39, 0.29) is 12.1 Å². The van der Waals surface area contributed by atoms with E-state index in [0.29, 0.717) is 5.89 Å². The molecule has 0 bridgehead atoms. The van der Waals surface area contributed by atoms with E-state index in [2.05, 4.69) is 28.3 Å². The molecule has 1 unspecified atom stereocenters. The Bertz CT molecular complexity index is 324. The number of aromatic nitrogens is 2.